The van der Waals surface area contributed by atoms with Crippen LogP contribution in [0.5, 0.6) is 0 Å². The Hall–Kier alpha value is -3.00. The van der Waals surface area contributed by atoms with E-state index in [4.69, 9.17) is 0 Å². The Balaban J connectivity index is 1.36. The van der Waals surface area contributed by atoms with Crippen LogP contribution >= 0.6 is 11.3 Å². The van der Waals surface area contributed by atoms with Crippen LogP contribution in [0.25, 0.3) is 15.9 Å². The summed E-state index contributed by atoms with van der Waals surface area (Å²) in [4.78, 5) is 17.5. The number of hydrogen-bond donors (Lipinski definition) is 2. The number of carbonyl (C=O) groups excluding carboxylic acids is 1. The molecule has 8 heteroatoms. The summed E-state index contributed by atoms with van der Waals surface area (Å²) in [6, 6.07) is 8.21. The van der Waals surface area contributed by atoms with Crippen molar-refractivity contribution in [2.75, 3.05) is 6.54 Å². The van der Waals surface area contributed by atoms with Crippen molar-refractivity contribution >= 4 is 28.1 Å². The summed E-state index contributed by atoms with van der Waals surface area (Å²) in [5.41, 5.74) is 4.23. The van der Waals surface area contributed by atoms with Crippen molar-refractivity contribution in [1.29, 1.82) is 0 Å². The average molecular weight is 378 g/mol. The zero-order valence-electron chi connectivity index (χ0n) is 14.6. The van der Waals surface area contributed by atoms with E-state index >= 15 is 0 Å². The van der Waals surface area contributed by atoms with Gasteiger partial charge in [0.15, 0.2) is 0 Å². The first-order valence-electron chi connectivity index (χ1n) is 9.02. The van der Waals surface area contributed by atoms with Crippen molar-refractivity contribution < 1.29 is 4.79 Å². The minimum Gasteiger partial charge on any atom is -0.361 e. The molecule has 0 unspecified atom stereocenters. The summed E-state index contributed by atoms with van der Waals surface area (Å²) in [6.07, 6.45) is 7.42. The molecule has 0 aliphatic heterocycles. The molecule has 0 fully saturated rings. The fourth-order valence-corrected chi connectivity index (χ4v) is 5.08. The largest absolute Gasteiger partial charge is 0.361 e. The van der Waals surface area contributed by atoms with Crippen molar-refractivity contribution in [3.63, 3.8) is 0 Å². The number of thiophene rings is 1. The monoisotopic (exact) mass is 378 g/mol. The number of H-pyrrole nitrogens is 1. The predicted octanol–water partition coefficient (Wildman–Crippen LogP) is 2.67. The third kappa shape index (κ3) is 2.82. The Morgan fingerprint density at radius 3 is 3.11 bits per heavy atom. The van der Waals surface area contributed by atoms with E-state index in [-0.39, 0.29) is 5.91 Å². The number of para-hydroxylation sites is 1. The number of hydrogen-bond acceptors (Lipinski definition) is 5. The van der Waals surface area contributed by atoms with E-state index in [2.05, 4.69) is 38.0 Å². The molecule has 1 aliphatic carbocycles. The standard InChI is InChI=1S/C19H18N6OS/c26-18(20-9-8-12-10-21-15-6-2-1-4-13(12)15)17-14-5-3-7-16(14)27-19(17)25-11-22-23-24-25/h1-2,4,6,10-11,21H,3,5,7-9H2,(H,20,26). The smallest absolute Gasteiger partial charge is 0.254 e. The molecule has 0 saturated heterocycles. The summed E-state index contributed by atoms with van der Waals surface area (Å²) >= 11 is 1.62. The normalized spacial score (nSPS) is 13.2. The molecule has 4 aromatic rings. The SMILES string of the molecule is O=C(NCCc1c[nH]c2ccccc12)c1c(-n2cnnn2)sc2c1CCC2. The van der Waals surface area contributed by atoms with Crippen molar-refractivity contribution in [1.82, 2.24) is 30.5 Å². The number of carbonyl (C=O) groups is 1. The Labute approximate surface area is 159 Å². The molecule has 1 aromatic carbocycles. The molecule has 0 bridgehead atoms. The fourth-order valence-electron chi connectivity index (χ4n) is 3.78. The van der Waals surface area contributed by atoms with Crippen LogP contribution in [0.15, 0.2) is 36.8 Å². The number of amides is 1. The molecule has 27 heavy (non-hydrogen) atoms. The molecular formula is C19H18N6OS. The van der Waals surface area contributed by atoms with Crippen LogP contribution in [-0.4, -0.2) is 37.6 Å². The average Bonchev–Trinajstić information content (AvgIpc) is 3.44. The van der Waals surface area contributed by atoms with Gasteiger partial charge in [-0.25, -0.2) is 0 Å². The summed E-state index contributed by atoms with van der Waals surface area (Å²) in [7, 11) is 0. The first-order valence-corrected chi connectivity index (χ1v) is 9.84. The van der Waals surface area contributed by atoms with Crippen LogP contribution in [0.3, 0.4) is 0 Å². The number of aromatic nitrogens is 5. The summed E-state index contributed by atoms with van der Waals surface area (Å²) in [6.45, 7) is 0.584. The van der Waals surface area contributed by atoms with E-state index in [1.165, 1.54) is 15.8 Å². The minimum absolute atomic E-state index is 0.0419. The maximum absolute atomic E-state index is 13.0. The maximum atomic E-state index is 13.0. The Morgan fingerprint density at radius 1 is 1.30 bits per heavy atom. The highest BCUT2D eigenvalue weighted by Crippen LogP contribution is 2.37. The van der Waals surface area contributed by atoms with E-state index in [0.717, 1.165) is 47.3 Å². The maximum Gasteiger partial charge on any atom is 0.254 e. The van der Waals surface area contributed by atoms with Gasteiger partial charge in [0.25, 0.3) is 5.91 Å². The van der Waals surface area contributed by atoms with Gasteiger partial charge in [-0.1, -0.05) is 18.2 Å². The van der Waals surface area contributed by atoms with Crippen molar-refractivity contribution in [3.05, 3.63) is 58.4 Å². The van der Waals surface area contributed by atoms with E-state index in [9.17, 15) is 4.79 Å². The highest BCUT2D eigenvalue weighted by molar-refractivity contribution is 7.15. The second-order valence-electron chi connectivity index (χ2n) is 6.66. The summed E-state index contributed by atoms with van der Waals surface area (Å²) in [5.74, 6) is -0.0419. The molecule has 0 atom stereocenters. The Kier molecular flexibility index (Phi) is 3.97. The summed E-state index contributed by atoms with van der Waals surface area (Å²) < 4.78 is 1.59. The van der Waals surface area contributed by atoms with Crippen molar-refractivity contribution in [3.8, 4) is 5.00 Å². The highest BCUT2D eigenvalue weighted by Gasteiger charge is 2.27. The van der Waals surface area contributed by atoms with E-state index < -0.39 is 0 Å². The molecular weight excluding hydrogens is 360 g/mol. The van der Waals surface area contributed by atoms with Crippen LogP contribution in [0.1, 0.15) is 32.8 Å². The first-order chi connectivity index (χ1) is 13.3. The van der Waals surface area contributed by atoms with Crippen LogP contribution in [0.2, 0.25) is 0 Å². The molecule has 1 amide bonds. The molecule has 0 saturated carbocycles. The van der Waals surface area contributed by atoms with E-state index in [1.54, 1.807) is 22.3 Å². The lowest BCUT2D eigenvalue weighted by molar-refractivity contribution is 0.0953. The van der Waals surface area contributed by atoms with Crippen molar-refractivity contribution in [2.45, 2.75) is 25.7 Å². The topological polar surface area (TPSA) is 88.5 Å². The van der Waals surface area contributed by atoms with Gasteiger partial charge in [0.1, 0.15) is 11.3 Å². The molecule has 2 N–H and O–H groups in total. The Bertz CT molecular complexity index is 1110. The van der Waals surface area contributed by atoms with Gasteiger partial charge in [0.05, 0.1) is 5.56 Å². The van der Waals surface area contributed by atoms with Gasteiger partial charge in [0.2, 0.25) is 0 Å². The molecule has 136 valence electrons. The van der Waals surface area contributed by atoms with Gasteiger partial charge >= 0.3 is 0 Å². The predicted molar refractivity (Wildman–Crippen MR) is 103 cm³/mol. The van der Waals surface area contributed by atoms with Crippen LogP contribution in [0.4, 0.5) is 0 Å². The number of aromatic amines is 1. The molecule has 0 spiro atoms. The third-order valence-corrected chi connectivity index (χ3v) is 6.32. The van der Waals surface area contributed by atoms with Gasteiger partial charge in [-0.15, -0.1) is 16.4 Å². The molecule has 3 aromatic heterocycles. The molecule has 1 aliphatic rings. The van der Waals surface area contributed by atoms with E-state index in [0.29, 0.717) is 6.54 Å². The highest BCUT2D eigenvalue weighted by atomic mass is 32.1. The van der Waals surface area contributed by atoms with Gasteiger partial charge in [-0.2, -0.15) is 4.68 Å². The molecule has 5 rings (SSSR count). The summed E-state index contributed by atoms with van der Waals surface area (Å²) in [5, 5.41) is 16.5. The quantitative estimate of drug-likeness (QED) is 0.559. The molecule has 7 nitrogen and oxygen atoms in total. The van der Waals surface area contributed by atoms with Gasteiger partial charge in [0, 0.05) is 28.5 Å². The number of fused-ring (bicyclic) bond motifs is 2. The first kappa shape index (κ1) is 16.2. The number of nitrogens with one attached hydrogen (secondary N) is 2. The number of benzene rings is 1. The van der Waals surface area contributed by atoms with Gasteiger partial charge in [-0.3, -0.25) is 4.79 Å². The number of aryl methyl sites for hydroxylation is 1. The minimum atomic E-state index is -0.0419. The molecule has 3 heterocycles. The lowest BCUT2D eigenvalue weighted by Crippen LogP contribution is -2.27. The number of nitrogens with zero attached hydrogens (tertiary/aromatic N) is 4. The lowest BCUT2D eigenvalue weighted by Gasteiger charge is -2.08. The van der Waals surface area contributed by atoms with E-state index in [1.807, 2.05) is 18.3 Å². The molecule has 0 radical (unpaired) electrons. The van der Waals surface area contributed by atoms with Crippen LogP contribution in [-0.2, 0) is 19.3 Å². The second-order valence-corrected chi connectivity index (χ2v) is 7.74. The number of rotatable bonds is 5. The Morgan fingerprint density at radius 2 is 2.22 bits per heavy atom. The zero-order valence-corrected chi connectivity index (χ0v) is 15.4. The fraction of sp³-hybridized carbons (Fsp3) is 0.263. The van der Waals surface area contributed by atoms with Gasteiger partial charge < -0.3 is 10.3 Å². The zero-order chi connectivity index (χ0) is 18.2. The van der Waals surface area contributed by atoms with Crippen LogP contribution < -0.4 is 5.32 Å². The number of tetrazole rings is 1. The second kappa shape index (κ2) is 6.62. The van der Waals surface area contributed by atoms with Crippen LogP contribution in [0, 0.1) is 0 Å². The third-order valence-electron chi connectivity index (χ3n) is 5.04. The van der Waals surface area contributed by atoms with Gasteiger partial charge in [-0.05, 0) is 53.3 Å². The lowest BCUT2D eigenvalue weighted by atomic mass is 10.1. The van der Waals surface area contributed by atoms with Crippen molar-refractivity contribution in [2.24, 2.45) is 0 Å².